The van der Waals surface area contributed by atoms with E-state index < -0.39 is 0 Å². The van der Waals surface area contributed by atoms with Crippen molar-refractivity contribution >= 4 is 11.8 Å². The van der Waals surface area contributed by atoms with Crippen molar-refractivity contribution < 1.29 is 4.74 Å². The van der Waals surface area contributed by atoms with Crippen LogP contribution in [0.25, 0.3) is 0 Å². The van der Waals surface area contributed by atoms with Crippen molar-refractivity contribution in [2.45, 2.75) is 18.9 Å². The largest absolute Gasteiger partial charge is 0.379 e. The normalized spacial score (nSPS) is 10.6. The van der Waals surface area contributed by atoms with Crippen LogP contribution in [0.5, 0.6) is 0 Å². The second-order valence-corrected chi connectivity index (χ2v) is 4.49. The van der Waals surface area contributed by atoms with Crippen molar-refractivity contribution in [3.05, 3.63) is 23.4 Å². The Hall–Kier alpha value is -0.580. The number of hydrogen-bond acceptors (Lipinski definition) is 4. The molecule has 1 aromatic rings. The highest BCUT2D eigenvalue weighted by molar-refractivity contribution is 7.99. The van der Waals surface area contributed by atoms with E-state index in [1.54, 1.807) is 11.8 Å². The molecular weight excluding hydrogens is 208 g/mol. The fourth-order valence-corrected chi connectivity index (χ4v) is 2.16. The van der Waals surface area contributed by atoms with Gasteiger partial charge in [-0.15, -0.1) is 11.8 Å². The molecule has 0 aliphatic heterocycles. The Morgan fingerprint density at radius 2 is 2.13 bits per heavy atom. The third-order valence-electron chi connectivity index (χ3n) is 1.81. The van der Waals surface area contributed by atoms with E-state index in [1.165, 1.54) is 5.56 Å². The number of ether oxygens (including phenoxy) is 1. The van der Waals surface area contributed by atoms with Crippen molar-refractivity contribution in [3.8, 4) is 0 Å². The predicted octanol–water partition coefficient (Wildman–Crippen LogP) is 1.77. The van der Waals surface area contributed by atoms with E-state index in [0.717, 1.165) is 23.1 Å². The van der Waals surface area contributed by atoms with Gasteiger partial charge in [-0.2, -0.15) is 0 Å². The number of aromatic nitrogens is 1. The summed E-state index contributed by atoms with van der Waals surface area (Å²) in [7, 11) is 0. The van der Waals surface area contributed by atoms with Gasteiger partial charge in [-0.25, -0.2) is 4.98 Å². The summed E-state index contributed by atoms with van der Waals surface area (Å²) < 4.78 is 5.29. The van der Waals surface area contributed by atoms with E-state index in [2.05, 4.69) is 24.0 Å². The van der Waals surface area contributed by atoms with E-state index in [9.17, 15) is 0 Å². The number of thioether (sulfide) groups is 1. The molecule has 0 amide bonds. The minimum Gasteiger partial charge on any atom is -0.379 e. The van der Waals surface area contributed by atoms with Crippen molar-refractivity contribution in [1.29, 1.82) is 0 Å². The van der Waals surface area contributed by atoms with Gasteiger partial charge in [0.2, 0.25) is 0 Å². The number of hydrogen-bond donors (Lipinski definition) is 1. The molecule has 0 aromatic carbocycles. The first kappa shape index (κ1) is 12.5. The summed E-state index contributed by atoms with van der Waals surface area (Å²) in [5, 5.41) is 1.07. The average molecular weight is 226 g/mol. The third kappa shape index (κ3) is 5.16. The Labute approximate surface area is 95.4 Å². The summed E-state index contributed by atoms with van der Waals surface area (Å²) in [4.78, 5) is 4.43. The van der Waals surface area contributed by atoms with Crippen LogP contribution >= 0.6 is 11.8 Å². The number of rotatable bonds is 6. The Balaban J connectivity index is 2.31. The molecule has 0 aliphatic carbocycles. The van der Waals surface area contributed by atoms with Gasteiger partial charge in [0.25, 0.3) is 0 Å². The molecule has 0 spiro atoms. The third-order valence-corrected chi connectivity index (χ3v) is 2.69. The number of pyridine rings is 1. The summed E-state index contributed by atoms with van der Waals surface area (Å²) in [6.45, 7) is 6.06. The predicted molar refractivity (Wildman–Crippen MR) is 64.3 cm³/mol. The molecule has 3 nitrogen and oxygen atoms in total. The summed E-state index contributed by atoms with van der Waals surface area (Å²) in [6, 6.07) is 4.18. The lowest BCUT2D eigenvalue weighted by atomic mass is 10.3. The molecule has 1 rings (SSSR count). The molecule has 84 valence electrons. The molecule has 0 saturated carbocycles. The van der Waals surface area contributed by atoms with Crippen LogP contribution in [0.1, 0.15) is 11.3 Å². The molecule has 2 N–H and O–H groups in total. The van der Waals surface area contributed by atoms with Crippen molar-refractivity contribution in [2.24, 2.45) is 5.73 Å². The molecule has 0 bridgehead atoms. The average Bonchev–Trinajstić information content (AvgIpc) is 2.16. The zero-order valence-electron chi connectivity index (χ0n) is 9.32. The Morgan fingerprint density at radius 1 is 1.33 bits per heavy atom. The number of nitrogens with zero attached hydrogens (tertiary/aromatic N) is 1. The maximum atomic E-state index is 5.32. The molecule has 1 heterocycles. The van der Waals surface area contributed by atoms with Crippen LogP contribution in [0.3, 0.4) is 0 Å². The van der Waals surface area contributed by atoms with Gasteiger partial charge < -0.3 is 10.5 Å². The van der Waals surface area contributed by atoms with Gasteiger partial charge in [0.15, 0.2) is 0 Å². The van der Waals surface area contributed by atoms with Crippen LogP contribution in [0.4, 0.5) is 0 Å². The Bertz CT molecular complexity index is 284. The van der Waals surface area contributed by atoms with Crippen LogP contribution < -0.4 is 5.73 Å². The van der Waals surface area contributed by atoms with Crippen LogP contribution in [0.2, 0.25) is 0 Å². The zero-order valence-corrected chi connectivity index (χ0v) is 10.1. The van der Waals surface area contributed by atoms with Crippen LogP contribution in [0, 0.1) is 13.8 Å². The topological polar surface area (TPSA) is 48.1 Å². The lowest BCUT2D eigenvalue weighted by Crippen LogP contribution is -2.09. The SMILES string of the molecule is Cc1cc(C)nc(SCCOCCN)c1. The lowest BCUT2D eigenvalue weighted by Gasteiger charge is -2.04. The van der Waals surface area contributed by atoms with Gasteiger partial charge in [-0.3, -0.25) is 0 Å². The van der Waals surface area contributed by atoms with Gasteiger partial charge in [0, 0.05) is 18.0 Å². The van der Waals surface area contributed by atoms with Crippen LogP contribution in [-0.2, 0) is 4.74 Å². The molecule has 15 heavy (non-hydrogen) atoms. The van der Waals surface area contributed by atoms with Gasteiger partial charge in [-0.1, -0.05) is 0 Å². The van der Waals surface area contributed by atoms with E-state index in [-0.39, 0.29) is 0 Å². The highest BCUT2D eigenvalue weighted by Gasteiger charge is 1.98. The molecule has 0 unspecified atom stereocenters. The molecule has 0 aliphatic rings. The standard InChI is InChI=1S/C11H18N2OS/c1-9-7-10(2)13-11(8-9)15-6-5-14-4-3-12/h7-8H,3-6,12H2,1-2H3. The van der Waals surface area contributed by atoms with Gasteiger partial charge >= 0.3 is 0 Å². The van der Waals surface area contributed by atoms with Gasteiger partial charge in [0.05, 0.1) is 18.2 Å². The summed E-state index contributed by atoms with van der Waals surface area (Å²) in [6.07, 6.45) is 0. The zero-order chi connectivity index (χ0) is 11.1. The van der Waals surface area contributed by atoms with Gasteiger partial charge in [-0.05, 0) is 31.5 Å². The minimum absolute atomic E-state index is 0.590. The summed E-state index contributed by atoms with van der Waals surface area (Å²) >= 11 is 1.72. The first-order valence-electron chi connectivity index (χ1n) is 5.08. The molecule has 0 radical (unpaired) electrons. The quantitative estimate of drug-likeness (QED) is 0.593. The van der Waals surface area contributed by atoms with Crippen molar-refractivity contribution in [3.63, 3.8) is 0 Å². The highest BCUT2D eigenvalue weighted by Crippen LogP contribution is 2.17. The number of nitrogens with two attached hydrogens (primary N) is 1. The first-order valence-corrected chi connectivity index (χ1v) is 6.07. The number of aryl methyl sites for hydroxylation is 2. The molecule has 0 saturated heterocycles. The Kier molecular flexibility index (Phi) is 5.68. The smallest absolute Gasteiger partial charge is 0.0966 e. The van der Waals surface area contributed by atoms with Crippen molar-refractivity contribution in [2.75, 3.05) is 25.5 Å². The fraction of sp³-hybridized carbons (Fsp3) is 0.545. The van der Waals surface area contributed by atoms with Gasteiger partial charge in [0.1, 0.15) is 0 Å². The molecule has 0 atom stereocenters. The first-order chi connectivity index (χ1) is 7.22. The summed E-state index contributed by atoms with van der Waals surface area (Å²) in [5.74, 6) is 0.926. The van der Waals surface area contributed by atoms with Crippen molar-refractivity contribution in [1.82, 2.24) is 4.98 Å². The second kappa shape index (κ2) is 6.82. The molecule has 1 aromatic heterocycles. The molecule has 4 heteroatoms. The van der Waals surface area contributed by atoms with E-state index in [0.29, 0.717) is 13.2 Å². The molecule has 0 fully saturated rings. The maximum absolute atomic E-state index is 5.32. The monoisotopic (exact) mass is 226 g/mol. The Morgan fingerprint density at radius 3 is 2.80 bits per heavy atom. The lowest BCUT2D eigenvalue weighted by molar-refractivity contribution is 0.158. The second-order valence-electron chi connectivity index (χ2n) is 3.37. The van der Waals surface area contributed by atoms with Crippen LogP contribution in [-0.4, -0.2) is 30.5 Å². The summed E-state index contributed by atoms with van der Waals surface area (Å²) in [5.41, 5.74) is 7.64. The van der Waals surface area contributed by atoms with E-state index in [1.807, 2.05) is 6.92 Å². The highest BCUT2D eigenvalue weighted by atomic mass is 32.2. The molecular formula is C11H18N2OS. The minimum atomic E-state index is 0.590. The maximum Gasteiger partial charge on any atom is 0.0966 e. The van der Waals surface area contributed by atoms with E-state index in [4.69, 9.17) is 10.5 Å². The van der Waals surface area contributed by atoms with E-state index >= 15 is 0 Å². The van der Waals surface area contributed by atoms with Crippen LogP contribution in [0.15, 0.2) is 17.2 Å². The fourth-order valence-electron chi connectivity index (χ4n) is 1.27.